The lowest BCUT2D eigenvalue weighted by Crippen LogP contribution is -2.47. The van der Waals surface area contributed by atoms with E-state index in [1.165, 1.54) is 0 Å². The van der Waals surface area contributed by atoms with Crippen molar-refractivity contribution in [2.45, 2.75) is 0 Å². The van der Waals surface area contributed by atoms with Gasteiger partial charge in [0.15, 0.2) is 0 Å². The number of hydrogen-bond acceptors (Lipinski definition) is 6. The standard InChI is InChI=1S/C19H19N5O4/c1-22-5-7-23(8-6-22)19(28)11-3-2-4-12(9-11)24-14(25)10-13-15(16(24)20)18(27)21-17(13)26/h2-4,9-10H,5-8,20H2,1H3,(H,21,26,27). The molecule has 0 atom stereocenters. The van der Waals surface area contributed by atoms with Crippen LogP contribution in [0.2, 0.25) is 0 Å². The summed E-state index contributed by atoms with van der Waals surface area (Å²) < 4.78 is 1.14. The summed E-state index contributed by atoms with van der Waals surface area (Å²) >= 11 is 0. The number of anilines is 1. The maximum Gasteiger partial charge on any atom is 0.262 e. The lowest BCUT2D eigenvalue weighted by Gasteiger charge is -2.32. The first-order valence-electron chi connectivity index (χ1n) is 8.86. The Hall–Kier alpha value is -3.46. The van der Waals surface area contributed by atoms with Crippen molar-refractivity contribution < 1.29 is 14.4 Å². The first-order chi connectivity index (χ1) is 13.4. The molecule has 1 fully saturated rings. The van der Waals surface area contributed by atoms with Gasteiger partial charge >= 0.3 is 0 Å². The van der Waals surface area contributed by atoms with Crippen LogP contribution in [0.4, 0.5) is 5.82 Å². The van der Waals surface area contributed by atoms with Crippen molar-refractivity contribution in [1.29, 1.82) is 0 Å². The number of piperazine rings is 1. The van der Waals surface area contributed by atoms with Crippen molar-refractivity contribution in [3.05, 3.63) is 57.4 Å². The fourth-order valence-corrected chi connectivity index (χ4v) is 3.52. The minimum absolute atomic E-state index is 0.0274. The number of likely N-dealkylation sites (N-methyl/N-ethyl adjacent to an activating group) is 1. The van der Waals surface area contributed by atoms with Gasteiger partial charge in [-0.1, -0.05) is 6.07 Å². The molecule has 0 spiro atoms. The van der Waals surface area contributed by atoms with Gasteiger partial charge in [-0.25, -0.2) is 0 Å². The SMILES string of the molecule is CN1CCN(C(=O)c2cccc(-n3c(N)c4c(cc3=O)C(=O)NC4=O)c2)CC1. The molecule has 144 valence electrons. The van der Waals surface area contributed by atoms with E-state index >= 15 is 0 Å². The lowest BCUT2D eigenvalue weighted by atomic mass is 10.1. The lowest BCUT2D eigenvalue weighted by molar-refractivity contribution is 0.0663. The Kier molecular flexibility index (Phi) is 4.23. The van der Waals surface area contributed by atoms with Crippen molar-refractivity contribution >= 4 is 23.5 Å². The third-order valence-corrected chi connectivity index (χ3v) is 5.10. The van der Waals surface area contributed by atoms with Crippen molar-refractivity contribution in [2.24, 2.45) is 0 Å². The second-order valence-electron chi connectivity index (χ2n) is 6.92. The molecule has 28 heavy (non-hydrogen) atoms. The minimum atomic E-state index is -0.644. The minimum Gasteiger partial charge on any atom is -0.384 e. The molecule has 2 aliphatic heterocycles. The largest absolute Gasteiger partial charge is 0.384 e. The summed E-state index contributed by atoms with van der Waals surface area (Å²) in [4.78, 5) is 53.1. The topological polar surface area (TPSA) is 118 Å². The average molecular weight is 381 g/mol. The zero-order valence-corrected chi connectivity index (χ0v) is 15.3. The highest BCUT2D eigenvalue weighted by Gasteiger charge is 2.32. The van der Waals surface area contributed by atoms with Crippen LogP contribution in [0.3, 0.4) is 0 Å². The number of amides is 3. The number of benzene rings is 1. The highest BCUT2D eigenvalue weighted by Crippen LogP contribution is 2.23. The first-order valence-corrected chi connectivity index (χ1v) is 8.86. The Morgan fingerprint density at radius 2 is 1.75 bits per heavy atom. The number of nitrogens with two attached hydrogens (primary N) is 1. The predicted molar refractivity (Wildman–Crippen MR) is 102 cm³/mol. The maximum absolute atomic E-state index is 12.8. The highest BCUT2D eigenvalue weighted by molar-refractivity contribution is 6.23. The molecule has 0 unspecified atom stereocenters. The van der Waals surface area contributed by atoms with Crippen LogP contribution in [0.5, 0.6) is 0 Å². The Bertz CT molecular complexity index is 1070. The molecule has 3 N–H and O–H groups in total. The number of rotatable bonds is 2. The van der Waals surface area contributed by atoms with Crippen LogP contribution in [0.1, 0.15) is 31.1 Å². The van der Waals surface area contributed by atoms with Crippen LogP contribution in [0.25, 0.3) is 5.69 Å². The number of aromatic nitrogens is 1. The van der Waals surface area contributed by atoms with Gasteiger partial charge in [-0.3, -0.25) is 29.1 Å². The second-order valence-corrected chi connectivity index (χ2v) is 6.92. The Balaban J connectivity index is 1.74. The van der Waals surface area contributed by atoms with Crippen molar-refractivity contribution in [3.8, 4) is 5.69 Å². The molecule has 1 aromatic heterocycles. The van der Waals surface area contributed by atoms with Crippen molar-refractivity contribution in [1.82, 2.24) is 19.7 Å². The number of carbonyl (C=O) groups is 3. The van der Waals surface area contributed by atoms with Crippen molar-refractivity contribution in [3.63, 3.8) is 0 Å². The first kappa shape index (κ1) is 17.9. The van der Waals surface area contributed by atoms with Gasteiger partial charge in [0.1, 0.15) is 5.82 Å². The van der Waals surface area contributed by atoms with Crippen LogP contribution in [-0.2, 0) is 0 Å². The van der Waals surface area contributed by atoms with Gasteiger partial charge in [0.05, 0.1) is 16.8 Å². The van der Waals surface area contributed by atoms with E-state index in [9.17, 15) is 19.2 Å². The highest BCUT2D eigenvalue weighted by atomic mass is 16.2. The van der Waals surface area contributed by atoms with E-state index in [2.05, 4.69) is 10.2 Å². The van der Waals surface area contributed by atoms with E-state index in [1.807, 2.05) is 7.05 Å². The summed E-state index contributed by atoms with van der Waals surface area (Å²) in [5, 5.41) is 2.13. The number of imide groups is 1. The molecular weight excluding hydrogens is 362 g/mol. The summed E-state index contributed by atoms with van der Waals surface area (Å²) in [5.74, 6) is -1.54. The predicted octanol–water partition coefficient (Wildman–Crippen LogP) is -0.309. The average Bonchev–Trinajstić information content (AvgIpc) is 2.95. The van der Waals surface area contributed by atoms with E-state index in [0.717, 1.165) is 23.7 Å². The third-order valence-electron chi connectivity index (χ3n) is 5.10. The molecule has 3 heterocycles. The van der Waals surface area contributed by atoms with Gasteiger partial charge in [-0.15, -0.1) is 0 Å². The molecule has 0 radical (unpaired) electrons. The molecule has 4 rings (SSSR count). The normalized spacial score (nSPS) is 16.8. The van der Waals surface area contributed by atoms with Gasteiger partial charge < -0.3 is 15.5 Å². The van der Waals surface area contributed by atoms with Crippen LogP contribution < -0.4 is 16.6 Å². The van der Waals surface area contributed by atoms with Gasteiger partial charge in [0.2, 0.25) is 0 Å². The summed E-state index contributed by atoms with van der Waals surface area (Å²) in [6.07, 6.45) is 0. The zero-order valence-electron chi connectivity index (χ0n) is 15.3. The summed E-state index contributed by atoms with van der Waals surface area (Å²) in [7, 11) is 2.01. The van der Waals surface area contributed by atoms with Gasteiger partial charge in [0, 0.05) is 37.8 Å². The van der Waals surface area contributed by atoms with Gasteiger partial charge in [-0.05, 0) is 25.2 Å². The molecule has 1 aromatic carbocycles. The summed E-state index contributed by atoms with van der Waals surface area (Å²) in [5.41, 5.74) is 6.23. The molecule has 0 bridgehead atoms. The van der Waals surface area contributed by atoms with Crippen LogP contribution in [0.15, 0.2) is 35.1 Å². The maximum atomic E-state index is 12.8. The summed E-state index contributed by atoms with van der Waals surface area (Å²) in [6, 6.07) is 7.61. The third kappa shape index (κ3) is 2.85. The number of nitrogens with one attached hydrogen (secondary N) is 1. The Labute approximate surface area is 160 Å². The molecule has 3 amide bonds. The quantitative estimate of drug-likeness (QED) is 0.689. The number of fused-ring (bicyclic) bond motifs is 1. The molecular formula is C19H19N5O4. The number of carbonyl (C=O) groups excluding carboxylic acids is 3. The monoisotopic (exact) mass is 381 g/mol. The summed E-state index contributed by atoms with van der Waals surface area (Å²) in [6.45, 7) is 2.85. The van der Waals surface area contributed by atoms with Gasteiger partial charge in [-0.2, -0.15) is 0 Å². The van der Waals surface area contributed by atoms with Crippen LogP contribution in [0, 0.1) is 0 Å². The smallest absolute Gasteiger partial charge is 0.262 e. The molecule has 0 saturated carbocycles. The molecule has 0 aliphatic carbocycles. The van der Waals surface area contributed by atoms with E-state index in [4.69, 9.17) is 5.73 Å². The van der Waals surface area contributed by atoms with E-state index in [0.29, 0.717) is 24.3 Å². The van der Waals surface area contributed by atoms with Crippen LogP contribution in [-0.4, -0.2) is 65.3 Å². The van der Waals surface area contributed by atoms with E-state index in [1.54, 1.807) is 29.2 Å². The van der Waals surface area contributed by atoms with E-state index < -0.39 is 17.4 Å². The Morgan fingerprint density at radius 1 is 1.04 bits per heavy atom. The fraction of sp³-hybridized carbons (Fsp3) is 0.263. The molecule has 1 saturated heterocycles. The second kappa shape index (κ2) is 6.61. The van der Waals surface area contributed by atoms with Crippen LogP contribution >= 0.6 is 0 Å². The fourth-order valence-electron chi connectivity index (χ4n) is 3.52. The van der Waals surface area contributed by atoms with Gasteiger partial charge in [0.25, 0.3) is 23.3 Å². The Morgan fingerprint density at radius 3 is 2.46 bits per heavy atom. The number of nitrogens with zero attached hydrogens (tertiary/aromatic N) is 3. The number of hydrogen-bond donors (Lipinski definition) is 2. The molecule has 9 nitrogen and oxygen atoms in total. The number of nitrogen functional groups attached to an aromatic ring is 1. The molecule has 2 aliphatic rings. The zero-order chi connectivity index (χ0) is 20.0. The van der Waals surface area contributed by atoms with E-state index in [-0.39, 0.29) is 22.9 Å². The molecule has 9 heteroatoms. The van der Waals surface area contributed by atoms with Crippen molar-refractivity contribution in [2.75, 3.05) is 39.0 Å². The molecule has 2 aromatic rings. The number of pyridine rings is 1.